The van der Waals surface area contributed by atoms with Crippen LogP contribution in [0.5, 0.6) is 23.0 Å². The van der Waals surface area contributed by atoms with E-state index in [4.69, 9.17) is 68.8 Å². The summed E-state index contributed by atoms with van der Waals surface area (Å²) in [5.74, 6) is -1.32. The van der Waals surface area contributed by atoms with Crippen molar-refractivity contribution in [3.63, 3.8) is 0 Å². The molecule has 716 valence electrons. The van der Waals surface area contributed by atoms with E-state index in [1.54, 1.807) is 165 Å². The summed E-state index contributed by atoms with van der Waals surface area (Å²) in [5, 5.41) is 126. The third-order valence-electron chi connectivity index (χ3n) is 20.9. The van der Waals surface area contributed by atoms with Crippen LogP contribution in [0.2, 0.25) is 0 Å². The number of aryl methyl sites for hydroxylation is 2. The van der Waals surface area contributed by atoms with Crippen LogP contribution in [0.3, 0.4) is 0 Å². The topological polar surface area (TPSA) is 606 Å². The fourth-order valence-electron chi connectivity index (χ4n) is 13.6. The molecule has 0 bridgehead atoms. The van der Waals surface area contributed by atoms with E-state index in [1.165, 1.54) is 68.8 Å². The minimum Gasteiger partial charge on any atom is -0.504 e. The molecule has 0 spiro atoms. The molecular formula is C102H107N15O21. The summed E-state index contributed by atoms with van der Waals surface area (Å²) in [7, 11) is 2.87. The maximum atomic E-state index is 13.1. The molecule has 22 N–H and O–H groups in total. The molecule has 36 heteroatoms. The molecular weight excluding hydrogens is 1770 g/mol. The summed E-state index contributed by atoms with van der Waals surface area (Å²) in [6.07, 6.45) is 6.49. The highest BCUT2D eigenvalue weighted by Crippen LogP contribution is 2.39. The van der Waals surface area contributed by atoms with Gasteiger partial charge in [0.25, 0.3) is 5.69 Å². The van der Waals surface area contributed by atoms with Crippen molar-refractivity contribution in [2.75, 3.05) is 136 Å². The summed E-state index contributed by atoms with van der Waals surface area (Å²) in [6, 6.07) is 60.3. The average Bonchev–Trinajstić information content (AvgIpc) is 0.745. The third-order valence-corrected chi connectivity index (χ3v) is 20.9. The quantitative estimate of drug-likeness (QED) is 0.00354. The Balaban J connectivity index is 0.000000187. The number of aliphatic imine (C=N–C) groups is 1. The molecule has 36 nitrogen and oxygen atoms in total. The van der Waals surface area contributed by atoms with Crippen molar-refractivity contribution in [3.8, 4) is 23.0 Å². The van der Waals surface area contributed by atoms with Gasteiger partial charge in [0.05, 0.1) is 140 Å². The number of non-ortho nitro benzene ring substituents is 1. The second-order valence-electron chi connectivity index (χ2n) is 30.8. The van der Waals surface area contributed by atoms with Gasteiger partial charge in [0, 0.05) is 125 Å². The molecule has 0 aromatic heterocycles. The van der Waals surface area contributed by atoms with Crippen LogP contribution in [-0.2, 0) is 14.4 Å². The first-order chi connectivity index (χ1) is 66.2. The number of fused-ring (bicyclic) bond motifs is 4. The number of hydrogen-bond donors (Lipinski definition) is 17. The molecule has 11 aromatic rings. The number of benzene rings is 11. The van der Waals surface area contributed by atoms with Gasteiger partial charge in [-0.2, -0.15) is 20.5 Å². The number of hydrogen-bond acceptors (Lipinski definition) is 35. The van der Waals surface area contributed by atoms with E-state index in [1.807, 2.05) is 66.1 Å². The number of ether oxygens (including phenoxy) is 2. The summed E-state index contributed by atoms with van der Waals surface area (Å²) in [5.41, 5.74) is 43.5. The molecule has 0 saturated heterocycles. The first-order valence-electron chi connectivity index (χ1n) is 42.9. The third kappa shape index (κ3) is 29.2. The first-order valence-corrected chi connectivity index (χ1v) is 42.9. The van der Waals surface area contributed by atoms with E-state index < -0.39 is 30.3 Å². The fourth-order valence-corrected chi connectivity index (χ4v) is 13.6. The number of nitrogens with zero attached hydrogens (tertiary/aromatic N) is 8. The van der Waals surface area contributed by atoms with Gasteiger partial charge < -0.3 is 110 Å². The van der Waals surface area contributed by atoms with Crippen molar-refractivity contribution < 1.29 is 99.0 Å². The molecule has 0 saturated carbocycles. The number of phenolic OH excluding ortho intramolecular Hbond substituents is 2. The van der Waals surface area contributed by atoms with E-state index in [9.17, 15) is 64.1 Å². The number of ketones is 7. The molecule has 0 heterocycles. The standard InChI is InChI=1S/C21H20O6.C20H22N2O6.C17H20N4O4.C17H22N4O2.C14H10N2O2.C13H13N3O/c1-26-20-11-14(5-9-18(20)24)3-7-16(22)13-17(23)8-4-15-6-10-19(25)21(12-15)27-2;23-9-11(25)7-21-15-5-6-16(22-8-12(26)10-24)18-17(15)19(27)13-3-1-2-4-14(13)20(18)28;1-13-12-16(20(8-10-22)9-11-23)6-7-17(13)19-18-14-2-4-15(5-3-14)21(24)25;1-13-12-16(21(8-10-22)9-11-23)6-7-17(13)20-19-15-4-2-14(18)3-5-15;15-9-5-6-10(16)12-11(9)13(17)7-3-1-2-4-8(7)14(12)18;1-8-6-12(11(15)7-13(8)17)16-10-4-2-9(14)3-5-10/h3-12,24-25H,13H2,1-2H3;1-6,11-12,21-26H,7-10H2;2-7,12,22-23H,8-11H2,1H3;2-7,12,22-23H,8-11,18H2,1H3;1-6H,15-16H2;2-7H,14-15H2,1H3/b7-3+,8-4+;;;;;. The minimum atomic E-state index is -1.02. The predicted molar refractivity (Wildman–Crippen MR) is 530 cm³/mol. The van der Waals surface area contributed by atoms with Gasteiger partial charge >= 0.3 is 0 Å². The smallest absolute Gasteiger partial charge is 0.269 e. The number of allylic oxidation sites excluding steroid dienone is 5. The van der Waals surface area contributed by atoms with Crippen LogP contribution in [0.4, 0.5) is 79.6 Å². The Morgan fingerprint density at radius 2 is 0.826 bits per heavy atom. The zero-order chi connectivity index (χ0) is 100. The normalized spacial score (nSPS) is 12.9. The number of carbonyl (C=O) groups excluding carboxylic acids is 7. The molecule has 2 atom stereocenters. The van der Waals surface area contributed by atoms with Crippen molar-refractivity contribution in [3.05, 3.63) is 331 Å². The first kappa shape index (κ1) is 105. The highest BCUT2D eigenvalue weighted by atomic mass is 16.6. The number of nitro benzene ring substituents is 1. The molecule has 0 amide bonds. The number of phenols is 2. The van der Waals surface area contributed by atoms with E-state index in [0.29, 0.717) is 122 Å². The van der Waals surface area contributed by atoms with Crippen LogP contribution >= 0.6 is 0 Å². The average molecular weight is 1880 g/mol. The number of azo groups is 2. The molecule has 11 aromatic carbocycles. The van der Waals surface area contributed by atoms with E-state index >= 15 is 0 Å². The van der Waals surface area contributed by atoms with Gasteiger partial charge in [0.2, 0.25) is 0 Å². The lowest BCUT2D eigenvalue weighted by Crippen LogP contribution is -2.29. The zero-order valence-corrected chi connectivity index (χ0v) is 76.0. The van der Waals surface area contributed by atoms with Crippen LogP contribution < -0.4 is 58.6 Å². The molecule has 14 rings (SSSR count). The molecule has 0 fully saturated rings. The summed E-state index contributed by atoms with van der Waals surface area (Å²) >= 11 is 0. The Hall–Kier alpha value is -16.6. The van der Waals surface area contributed by atoms with Crippen molar-refractivity contribution >= 4 is 138 Å². The largest absolute Gasteiger partial charge is 0.504 e. The molecule has 2 unspecified atom stereocenters. The van der Waals surface area contributed by atoms with Gasteiger partial charge in [-0.05, 0) is 212 Å². The number of aromatic hydroxyl groups is 2. The molecule has 3 aliphatic carbocycles. The van der Waals surface area contributed by atoms with Crippen LogP contribution in [0.1, 0.15) is 99.3 Å². The Morgan fingerprint density at radius 1 is 0.457 bits per heavy atom. The van der Waals surface area contributed by atoms with Gasteiger partial charge in [0.1, 0.15) is 0 Å². The number of aliphatic hydroxyl groups excluding tert-OH is 8. The minimum absolute atomic E-state index is 0.000646. The summed E-state index contributed by atoms with van der Waals surface area (Å²) < 4.78 is 10.00. The van der Waals surface area contributed by atoms with Crippen LogP contribution in [0.25, 0.3) is 12.2 Å². The van der Waals surface area contributed by atoms with Gasteiger partial charge in [-0.1, -0.05) is 72.8 Å². The lowest BCUT2D eigenvalue weighted by molar-refractivity contribution is -0.384. The number of methoxy groups -OCH3 is 2. The Kier molecular flexibility index (Phi) is 39.3. The second kappa shape index (κ2) is 51.6. The summed E-state index contributed by atoms with van der Waals surface area (Å²) in [6.45, 7) is 6.62. The maximum Gasteiger partial charge on any atom is 0.269 e. The summed E-state index contributed by atoms with van der Waals surface area (Å²) in [4.78, 5) is 104. The monoisotopic (exact) mass is 1880 g/mol. The van der Waals surface area contributed by atoms with Gasteiger partial charge in [-0.25, -0.2) is 4.99 Å². The zero-order valence-electron chi connectivity index (χ0n) is 76.0. The van der Waals surface area contributed by atoms with E-state index in [0.717, 1.165) is 39.6 Å². The number of nitrogens with one attached hydrogen (secondary N) is 2. The van der Waals surface area contributed by atoms with Crippen molar-refractivity contribution in [1.29, 1.82) is 0 Å². The van der Waals surface area contributed by atoms with E-state index in [2.05, 4.69) is 36.1 Å². The van der Waals surface area contributed by atoms with Crippen molar-refractivity contribution in [1.82, 2.24) is 0 Å². The number of nitrogen functional groups attached to an aromatic ring is 4. The maximum absolute atomic E-state index is 13.1. The van der Waals surface area contributed by atoms with Gasteiger partial charge in [-0.3, -0.25) is 43.7 Å². The number of nitrogens with two attached hydrogens (primary N) is 5. The van der Waals surface area contributed by atoms with Crippen LogP contribution in [-0.4, -0.2) is 208 Å². The number of anilines is 8. The predicted octanol–water partition coefficient (Wildman–Crippen LogP) is 12.6. The fraction of sp³-hybridized carbons (Fsp3) is 0.196. The van der Waals surface area contributed by atoms with Gasteiger partial charge in [-0.15, -0.1) is 0 Å². The number of nitro groups is 1. The Morgan fingerprint density at radius 3 is 1.18 bits per heavy atom. The molecule has 3 aliphatic rings. The van der Waals surface area contributed by atoms with Crippen molar-refractivity contribution in [2.24, 2.45) is 31.2 Å². The number of aliphatic hydroxyl groups is 8. The van der Waals surface area contributed by atoms with Crippen molar-refractivity contribution in [2.45, 2.75) is 39.4 Å². The van der Waals surface area contributed by atoms with Crippen LogP contribution in [0, 0.1) is 24.0 Å². The SMILES string of the molecule is CC1=CC(=Nc2ccc(N)cc2)C(N)=CC1=O.COc1cc(/C=C/C(=O)CC(=O)/C=C/c2ccc(O)c(OC)c2)ccc1O.Cc1cc(N(CCO)CCO)ccc1N=Nc1ccc(N)cc1.Cc1cc(N(CCO)CCO)ccc1N=Nc1ccc([N+](=O)[O-])cc1.Nc1ccc(N)c2c1C(=O)c1ccccc1C2=O.O=C1c2ccccc2C(=O)c2c(NCC(O)CO)ccc(NCC(O)CO)c21. The molecule has 0 aliphatic heterocycles. The second-order valence-corrected chi connectivity index (χ2v) is 30.8. The molecule has 0 radical (unpaired) electrons. The van der Waals surface area contributed by atoms with E-state index in [-0.39, 0.29) is 137 Å². The highest BCUT2D eigenvalue weighted by molar-refractivity contribution is 6.33. The van der Waals surface area contributed by atoms with Gasteiger partial charge in [0.15, 0.2) is 63.5 Å². The number of carbonyl (C=O) groups is 7. The Labute approximate surface area is 793 Å². The highest BCUT2D eigenvalue weighted by Gasteiger charge is 2.35. The lowest BCUT2D eigenvalue weighted by atomic mass is 9.82. The van der Waals surface area contributed by atoms with Crippen LogP contribution in [0.15, 0.2) is 279 Å². The Bertz CT molecular complexity index is 6220. The molecule has 138 heavy (non-hydrogen) atoms. The lowest BCUT2D eigenvalue weighted by Gasteiger charge is -2.24. The number of rotatable bonds is 32.